The lowest BCUT2D eigenvalue weighted by molar-refractivity contribution is -0.122. The van der Waals surface area contributed by atoms with Gasteiger partial charge in [-0.3, -0.25) is 9.59 Å². The molecule has 1 aliphatic rings. The number of carbonyl (C=O) groups excluding carboxylic acids is 2. The van der Waals surface area contributed by atoms with Gasteiger partial charge in [0, 0.05) is 12.5 Å². The van der Waals surface area contributed by atoms with E-state index in [0.29, 0.717) is 5.92 Å². The summed E-state index contributed by atoms with van der Waals surface area (Å²) < 4.78 is 0. The van der Waals surface area contributed by atoms with Crippen molar-refractivity contribution in [3.63, 3.8) is 0 Å². The third kappa shape index (κ3) is 4.18. The van der Waals surface area contributed by atoms with Crippen LogP contribution < -0.4 is 16.8 Å². The average molecular weight is 227 g/mol. The topological polar surface area (TPSA) is 98.2 Å². The van der Waals surface area contributed by atoms with Gasteiger partial charge in [0.05, 0.1) is 6.54 Å². The van der Waals surface area contributed by atoms with Gasteiger partial charge in [0.2, 0.25) is 11.8 Å². The summed E-state index contributed by atoms with van der Waals surface area (Å²) in [7, 11) is 0. The Morgan fingerprint density at radius 2 is 1.88 bits per heavy atom. The monoisotopic (exact) mass is 227 g/mol. The number of carbonyl (C=O) groups is 2. The van der Waals surface area contributed by atoms with Crippen LogP contribution in [0.4, 0.5) is 0 Å². The van der Waals surface area contributed by atoms with Crippen LogP contribution in [0.3, 0.4) is 0 Å². The molecule has 1 saturated carbocycles. The predicted octanol–water partition coefficient (Wildman–Crippen LogP) is -0.114. The van der Waals surface area contributed by atoms with Gasteiger partial charge in [-0.2, -0.15) is 0 Å². The van der Waals surface area contributed by atoms with Crippen molar-refractivity contribution in [3.8, 4) is 0 Å². The SMILES string of the molecule is NCC(=O)NC(CC(N)=O)C1CCCCC1. The molecule has 0 radical (unpaired) electrons. The van der Waals surface area contributed by atoms with Crippen molar-refractivity contribution in [1.82, 2.24) is 5.32 Å². The summed E-state index contributed by atoms with van der Waals surface area (Å²) >= 11 is 0. The Balaban J connectivity index is 2.53. The molecule has 0 heterocycles. The van der Waals surface area contributed by atoms with Gasteiger partial charge < -0.3 is 16.8 Å². The van der Waals surface area contributed by atoms with Crippen LogP contribution in [0, 0.1) is 5.92 Å². The maximum atomic E-state index is 11.3. The van der Waals surface area contributed by atoms with Crippen LogP contribution >= 0.6 is 0 Å². The van der Waals surface area contributed by atoms with Crippen LogP contribution in [0.15, 0.2) is 0 Å². The van der Waals surface area contributed by atoms with Crippen molar-refractivity contribution >= 4 is 11.8 Å². The molecule has 2 amide bonds. The fourth-order valence-corrected chi connectivity index (χ4v) is 2.35. The fraction of sp³-hybridized carbons (Fsp3) is 0.818. The van der Waals surface area contributed by atoms with Gasteiger partial charge in [-0.05, 0) is 18.8 Å². The molecular formula is C11H21N3O2. The minimum atomic E-state index is -0.368. The number of hydrogen-bond donors (Lipinski definition) is 3. The van der Waals surface area contributed by atoms with Crippen LogP contribution in [-0.2, 0) is 9.59 Å². The molecule has 16 heavy (non-hydrogen) atoms. The summed E-state index contributed by atoms with van der Waals surface area (Å²) in [6.07, 6.45) is 5.91. The third-order valence-corrected chi connectivity index (χ3v) is 3.17. The molecule has 5 nitrogen and oxygen atoms in total. The van der Waals surface area contributed by atoms with Crippen molar-refractivity contribution in [1.29, 1.82) is 0 Å². The summed E-state index contributed by atoms with van der Waals surface area (Å²) in [4.78, 5) is 22.2. The molecule has 0 spiro atoms. The lowest BCUT2D eigenvalue weighted by Gasteiger charge is -2.30. The molecule has 1 fully saturated rings. The van der Waals surface area contributed by atoms with E-state index in [4.69, 9.17) is 11.5 Å². The van der Waals surface area contributed by atoms with Crippen molar-refractivity contribution < 1.29 is 9.59 Å². The maximum Gasteiger partial charge on any atom is 0.233 e. The quantitative estimate of drug-likeness (QED) is 0.611. The summed E-state index contributed by atoms with van der Waals surface area (Å²) in [6.45, 7) is -0.0397. The van der Waals surface area contributed by atoms with Gasteiger partial charge in [-0.1, -0.05) is 19.3 Å². The second kappa shape index (κ2) is 6.48. The number of amides is 2. The lowest BCUT2D eigenvalue weighted by atomic mass is 9.82. The standard InChI is InChI=1S/C11H21N3O2/c12-7-11(16)14-9(6-10(13)15)8-4-2-1-3-5-8/h8-9H,1-7,12H2,(H2,13,15)(H,14,16). The van der Waals surface area contributed by atoms with E-state index >= 15 is 0 Å². The van der Waals surface area contributed by atoms with Gasteiger partial charge in [0.1, 0.15) is 0 Å². The summed E-state index contributed by atoms with van der Waals surface area (Å²) in [5.74, 6) is -0.207. The van der Waals surface area contributed by atoms with Gasteiger partial charge in [-0.25, -0.2) is 0 Å². The van der Waals surface area contributed by atoms with Crippen LogP contribution in [0.25, 0.3) is 0 Å². The zero-order valence-corrected chi connectivity index (χ0v) is 9.58. The first kappa shape index (κ1) is 13.0. The minimum Gasteiger partial charge on any atom is -0.370 e. The van der Waals surface area contributed by atoms with Gasteiger partial charge >= 0.3 is 0 Å². The molecule has 0 bridgehead atoms. The number of rotatable bonds is 5. The van der Waals surface area contributed by atoms with Gasteiger partial charge in [0.25, 0.3) is 0 Å². The number of nitrogens with two attached hydrogens (primary N) is 2. The highest BCUT2D eigenvalue weighted by Crippen LogP contribution is 2.27. The smallest absolute Gasteiger partial charge is 0.233 e. The molecule has 5 heteroatoms. The zero-order valence-electron chi connectivity index (χ0n) is 9.58. The summed E-state index contributed by atoms with van der Waals surface area (Å²) in [5.41, 5.74) is 10.4. The molecule has 92 valence electrons. The van der Waals surface area contributed by atoms with E-state index in [9.17, 15) is 9.59 Å². The van der Waals surface area contributed by atoms with E-state index in [2.05, 4.69) is 5.32 Å². The number of primary amides is 1. The van der Waals surface area contributed by atoms with Crippen molar-refractivity contribution in [2.45, 2.75) is 44.6 Å². The molecule has 0 aromatic heterocycles. The molecule has 1 aliphatic carbocycles. The van der Waals surface area contributed by atoms with Gasteiger partial charge in [0.15, 0.2) is 0 Å². The second-order valence-corrected chi connectivity index (χ2v) is 4.45. The Hall–Kier alpha value is -1.10. The second-order valence-electron chi connectivity index (χ2n) is 4.45. The fourth-order valence-electron chi connectivity index (χ4n) is 2.35. The molecule has 0 saturated heterocycles. The molecular weight excluding hydrogens is 206 g/mol. The molecule has 1 rings (SSSR count). The first-order valence-corrected chi connectivity index (χ1v) is 5.91. The van der Waals surface area contributed by atoms with Gasteiger partial charge in [-0.15, -0.1) is 0 Å². The van der Waals surface area contributed by atoms with Crippen LogP contribution in [0.1, 0.15) is 38.5 Å². The van der Waals surface area contributed by atoms with E-state index < -0.39 is 0 Å². The predicted molar refractivity (Wildman–Crippen MR) is 61.4 cm³/mol. The number of hydrogen-bond acceptors (Lipinski definition) is 3. The summed E-state index contributed by atoms with van der Waals surface area (Å²) in [5, 5.41) is 2.80. The van der Waals surface area contributed by atoms with Crippen LogP contribution in [-0.4, -0.2) is 24.4 Å². The van der Waals surface area contributed by atoms with Crippen molar-refractivity contribution in [2.24, 2.45) is 17.4 Å². The lowest BCUT2D eigenvalue weighted by Crippen LogP contribution is -2.45. The summed E-state index contributed by atoms with van der Waals surface area (Å²) in [6, 6.07) is -0.131. The highest BCUT2D eigenvalue weighted by molar-refractivity contribution is 5.80. The molecule has 0 aliphatic heterocycles. The van der Waals surface area contributed by atoms with Crippen molar-refractivity contribution in [3.05, 3.63) is 0 Å². The zero-order chi connectivity index (χ0) is 12.0. The van der Waals surface area contributed by atoms with Crippen LogP contribution in [0.5, 0.6) is 0 Å². The van der Waals surface area contributed by atoms with E-state index in [1.807, 2.05) is 0 Å². The molecule has 1 atom stereocenters. The first-order valence-electron chi connectivity index (χ1n) is 5.91. The largest absolute Gasteiger partial charge is 0.370 e. The minimum absolute atomic E-state index is 0.0397. The third-order valence-electron chi connectivity index (χ3n) is 3.17. The first-order chi connectivity index (χ1) is 7.63. The highest BCUT2D eigenvalue weighted by Gasteiger charge is 2.25. The van der Waals surface area contributed by atoms with E-state index in [0.717, 1.165) is 12.8 Å². The molecule has 5 N–H and O–H groups in total. The molecule has 1 unspecified atom stereocenters. The highest BCUT2D eigenvalue weighted by atomic mass is 16.2. The van der Waals surface area contributed by atoms with E-state index in [1.165, 1.54) is 19.3 Å². The molecule has 0 aromatic carbocycles. The van der Waals surface area contributed by atoms with E-state index in [-0.39, 0.29) is 30.8 Å². The Bertz CT molecular complexity index is 250. The Morgan fingerprint density at radius 1 is 1.25 bits per heavy atom. The molecule has 0 aromatic rings. The Kier molecular flexibility index (Phi) is 5.25. The average Bonchev–Trinajstić information content (AvgIpc) is 2.28. The Morgan fingerprint density at radius 3 is 2.38 bits per heavy atom. The Labute approximate surface area is 95.9 Å². The van der Waals surface area contributed by atoms with Crippen molar-refractivity contribution in [2.75, 3.05) is 6.54 Å². The normalized spacial score (nSPS) is 19.1. The van der Waals surface area contributed by atoms with E-state index in [1.54, 1.807) is 0 Å². The maximum absolute atomic E-state index is 11.3. The van der Waals surface area contributed by atoms with Crippen LogP contribution in [0.2, 0.25) is 0 Å². The number of nitrogens with one attached hydrogen (secondary N) is 1.